The molecule has 0 heterocycles. The number of benzene rings is 2. The van der Waals surface area contributed by atoms with E-state index in [2.05, 4.69) is 42.7 Å². The van der Waals surface area contributed by atoms with Crippen LogP contribution < -0.4 is 0 Å². The summed E-state index contributed by atoms with van der Waals surface area (Å²) in [7, 11) is 0. The third-order valence-electron chi connectivity index (χ3n) is 3.50. The molecule has 0 aliphatic rings. The van der Waals surface area contributed by atoms with E-state index in [1.807, 2.05) is 18.2 Å². The van der Waals surface area contributed by atoms with Gasteiger partial charge in [-0.3, -0.25) is 0 Å². The second kappa shape index (κ2) is 7.91. The Balaban J connectivity index is 1.88. The molecule has 2 aromatic rings. The van der Waals surface area contributed by atoms with Gasteiger partial charge in [0.25, 0.3) is 0 Å². The Morgan fingerprint density at radius 2 is 1.70 bits per heavy atom. The van der Waals surface area contributed by atoms with Gasteiger partial charge in [-0.1, -0.05) is 42.5 Å². The minimum absolute atomic E-state index is 0.109. The molecule has 0 radical (unpaired) electrons. The summed E-state index contributed by atoms with van der Waals surface area (Å²) < 4.78 is 0. The maximum absolute atomic E-state index is 11.2. The lowest BCUT2D eigenvalue weighted by molar-refractivity contribution is -0.111. The van der Waals surface area contributed by atoms with Crippen LogP contribution in [0.1, 0.15) is 17.5 Å². The maximum atomic E-state index is 11.2. The van der Waals surface area contributed by atoms with Crippen molar-refractivity contribution >= 4 is 18.0 Å². The first-order chi connectivity index (χ1) is 9.81. The van der Waals surface area contributed by atoms with E-state index >= 15 is 0 Å². The van der Waals surface area contributed by atoms with Gasteiger partial charge in [-0.05, 0) is 48.8 Å². The standard InChI is InChI=1S/C18H20OS/c1-20-18-11-9-15(10-12-18)7-8-17(14-19)13-16-5-3-2-4-6-16/h2-6,9-12,14,17H,7-8,13H2,1H3. The molecule has 1 unspecified atom stereocenters. The molecule has 0 saturated carbocycles. The number of carbonyl (C=O) groups is 1. The second-order valence-corrected chi connectivity index (χ2v) is 5.85. The molecular formula is C18H20OS. The smallest absolute Gasteiger partial charge is 0.123 e. The Morgan fingerprint density at radius 3 is 2.30 bits per heavy atom. The number of aldehydes is 1. The minimum Gasteiger partial charge on any atom is -0.303 e. The first-order valence-corrected chi connectivity index (χ1v) is 8.16. The van der Waals surface area contributed by atoms with Gasteiger partial charge in [0.15, 0.2) is 0 Å². The minimum atomic E-state index is 0.109. The zero-order valence-corrected chi connectivity index (χ0v) is 12.6. The summed E-state index contributed by atoms with van der Waals surface area (Å²) in [4.78, 5) is 12.5. The zero-order chi connectivity index (χ0) is 14.2. The summed E-state index contributed by atoms with van der Waals surface area (Å²) in [6, 6.07) is 18.9. The van der Waals surface area contributed by atoms with Gasteiger partial charge in [-0.25, -0.2) is 0 Å². The summed E-state index contributed by atoms with van der Waals surface area (Å²) in [6.45, 7) is 0. The normalized spacial score (nSPS) is 12.1. The van der Waals surface area contributed by atoms with Crippen molar-refractivity contribution < 1.29 is 4.79 Å². The van der Waals surface area contributed by atoms with Gasteiger partial charge >= 0.3 is 0 Å². The molecule has 0 N–H and O–H groups in total. The van der Waals surface area contributed by atoms with E-state index < -0.39 is 0 Å². The Kier molecular flexibility index (Phi) is 5.87. The quantitative estimate of drug-likeness (QED) is 0.554. The van der Waals surface area contributed by atoms with Gasteiger partial charge in [0.2, 0.25) is 0 Å². The average molecular weight is 284 g/mol. The lowest BCUT2D eigenvalue weighted by atomic mass is 9.94. The molecular weight excluding hydrogens is 264 g/mol. The number of aryl methyl sites for hydroxylation is 1. The van der Waals surface area contributed by atoms with Gasteiger partial charge < -0.3 is 4.79 Å². The monoisotopic (exact) mass is 284 g/mol. The van der Waals surface area contributed by atoms with Crippen LogP contribution in [0.5, 0.6) is 0 Å². The van der Waals surface area contributed by atoms with Crippen LogP contribution in [0.25, 0.3) is 0 Å². The van der Waals surface area contributed by atoms with Gasteiger partial charge in [0.05, 0.1) is 0 Å². The van der Waals surface area contributed by atoms with Crippen LogP contribution in [0.4, 0.5) is 0 Å². The Morgan fingerprint density at radius 1 is 1.00 bits per heavy atom. The third-order valence-corrected chi connectivity index (χ3v) is 4.24. The van der Waals surface area contributed by atoms with Gasteiger partial charge in [0, 0.05) is 10.8 Å². The molecule has 20 heavy (non-hydrogen) atoms. The van der Waals surface area contributed by atoms with Gasteiger partial charge in [-0.15, -0.1) is 11.8 Å². The lowest BCUT2D eigenvalue weighted by Crippen LogP contribution is -2.07. The van der Waals surface area contributed by atoms with Crippen molar-refractivity contribution in [1.29, 1.82) is 0 Å². The summed E-state index contributed by atoms with van der Waals surface area (Å²) in [5.41, 5.74) is 2.55. The summed E-state index contributed by atoms with van der Waals surface area (Å²) in [5, 5.41) is 0. The van der Waals surface area contributed by atoms with E-state index in [1.54, 1.807) is 11.8 Å². The number of hydrogen-bond donors (Lipinski definition) is 0. The Hall–Kier alpha value is -1.54. The van der Waals surface area contributed by atoms with Crippen molar-refractivity contribution in [2.24, 2.45) is 5.92 Å². The topological polar surface area (TPSA) is 17.1 Å². The van der Waals surface area contributed by atoms with E-state index in [4.69, 9.17) is 0 Å². The van der Waals surface area contributed by atoms with Crippen molar-refractivity contribution in [2.75, 3.05) is 6.26 Å². The molecule has 0 amide bonds. The SMILES string of the molecule is CSc1ccc(CCC(C=O)Cc2ccccc2)cc1. The van der Waals surface area contributed by atoms with E-state index in [1.165, 1.54) is 16.0 Å². The fraction of sp³-hybridized carbons (Fsp3) is 0.278. The van der Waals surface area contributed by atoms with Crippen LogP contribution in [-0.4, -0.2) is 12.5 Å². The summed E-state index contributed by atoms with van der Waals surface area (Å²) >= 11 is 1.75. The zero-order valence-electron chi connectivity index (χ0n) is 11.8. The molecule has 0 spiro atoms. The molecule has 0 aliphatic heterocycles. The van der Waals surface area contributed by atoms with E-state index in [0.29, 0.717) is 0 Å². The molecule has 2 rings (SSSR count). The highest BCUT2D eigenvalue weighted by Gasteiger charge is 2.08. The van der Waals surface area contributed by atoms with Crippen molar-refractivity contribution in [3.63, 3.8) is 0 Å². The molecule has 0 aliphatic carbocycles. The van der Waals surface area contributed by atoms with E-state index in [9.17, 15) is 4.79 Å². The van der Waals surface area contributed by atoms with Gasteiger partial charge in [0.1, 0.15) is 6.29 Å². The van der Waals surface area contributed by atoms with E-state index in [-0.39, 0.29) is 5.92 Å². The largest absolute Gasteiger partial charge is 0.303 e. The third kappa shape index (κ3) is 4.53. The summed E-state index contributed by atoms with van der Waals surface area (Å²) in [5.74, 6) is 0.109. The first-order valence-electron chi connectivity index (χ1n) is 6.94. The molecule has 0 bridgehead atoms. The maximum Gasteiger partial charge on any atom is 0.123 e. The predicted molar refractivity (Wildman–Crippen MR) is 86.2 cm³/mol. The molecule has 104 valence electrons. The van der Waals surface area contributed by atoms with Crippen molar-refractivity contribution in [3.05, 3.63) is 65.7 Å². The Bertz CT molecular complexity index is 519. The lowest BCUT2D eigenvalue weighted by Gasteiger charge is -2.10. The fourth-order valence-corrected chi connectivity index (χ4v) is 2.69. The molecule has 0 aromatic heterocycles. The summed E-state index contributed by atoms with van der Waals surface area (Å²) in [6.07, 6.45) is 5.90. The molecule has 0 saturated heterocycles. The van der Waals surface area contributed by atoms with Crippen molar-refractivity contribution in [3.8, 4) is 0 Å². The highest BCUT2D eigenvalue weighted by molar-refractivity contribution is 7.98. The van der Waals surface area contributed by atoms with Crippen LogP contribution in [-0.2, 0) is 17.6 Å². The van der Waals surface area contributed by atoms with E-state index in [0.717, 1.165) is 25.5 Å². The molecule has 1 nitrogen and oxygen atoms in total. The predicted octanol–water partition coefficient (Wildman–Crippen LogP) is 4.40. The molecule has 1 atom stereocenters. The van der Waals surface area contributed by atoms with Crippen LogP contribution in [0.15, 0.2) is 59.5 Å². The highest BCUT2D eigenvalue weighted by Crippen LogP contribution is 2.18. The highest BCUT2D eigenvalue weighted by atomic mass is 32.2. The van der Waals surface area contributed by atoms with Crippen LogP contribution in [0.2, 0.25) is 0 Å². The van der Waals surface area contributed by atoms with Crippen molar-refractivity contribution in [2.45, 2.75) is 24.2 Å². The molecule has 2 aromatic carbocycles. The Labute approximate surface area is 125 Å². The fourth-order valence-electron chi connectivity index (χ4n) is 2.28. The van der Waals surface area contributed by atoms with Crippen LogP contribution >= 0.6 is 11.8 Å². The van der Waals surface area contributed by atoms with Crippen LogP contribution in [0, 0.1) is 5.92 Å². The first kappa shape index (κ1) is 14.9. The van der Waals surface area contributed by atoms with Crippen LogP contribution in [0.3, 0.4) is 0 Å². The van der Waals surface area contributed by atoms with Crippen molar-refractivity contribution in [1.82, 2.24) is 0 Å². The second-order valence-electron chi connectivity index (χ2n) is 4.97. The number of rotatable bonds is 7. The van der Waals surface area contributed by atoms with Gasteiger partial charge in [-0.2, -0.15) is 0 Å². The molecule has 0 fully saturated rings. The number of hydrogen-bond acceptors (Lipinski definition) is 2. The number of carbonyl (C=O) groups excluding carboxylic acids is 1. The number of thioether (sulfide) groups is 1. The molecule has 2 heteroatoms. The average Bonchev–Trinajstić information content (AvgIpc) is 2.53.